The van der Waals surface area contributed by atoms with Crippen LogP contribution in [-0.2, 0) is 4.79 Å². The topological polar surface area (TPSA) is 41.1 Å². The van der Waals surface area contributed by atoms with Crippen molar-refractivity contribution in [3.63, 3.8) is 0 Å². The van der Waals surface area contributed by atoms with Crippen LogP contribution in [0, 0.1) is 3.57 Å². The molecule has 0 aromatic heterocycles. The van der Waals surface area contributed by atoms with Crippen molar-refractivity contribution in [2.45, 2.75) is 39.3 Å². The van der Waals surface area contributed by atoms with Gasteiger partial charge in [-0.05, 0) is 74.6 Å². The first-order chi connectivity index (χ1) is 7.78. The van der Waals surface area contributed by atoms with Gasteiger partial charge in [0.15, 0.2) is 0 Å². The number of nitrogens with one attached hydrogen (secondary N) is 2. The van der Waals surface area contributed by atoms with Crippen LogP contribution in [0.5, 0.6) is 0 Å². The van der Waals surface area contributed by atoms with Gasteiger partial charge in [0, 0.05) is 14.8 Å². The minimum atomic E-state index is -0.241. The van der Waals surface area contributed by atoms with Crippen LogP contribution in [0.2, 0.25) is 0 Å². The largest absolute Gasteiger partial charge is 0.374 e. The average molecular weight is 346 g/mol. The van der Waals surface area contributed by atoms with Crippen molar-refractivity contribution in [2.75, 3.05) is 5.32 Å². The van der Waals surface area contributed by atoms with Crippen LogP contribution in [-0.4, -0.2) is 17.5 Å². The molecule has 0 spiro atoms. The highest BCUT2D eigenvalue weighted by Crippen LogP contribution is 2.12. The second-order valence-corrected chi connectivity index (χ2v) is 6.36. The van der Waals surface area contributed by atoms with Crippen LogP contribution in [0.15, 0.2) is 24.3 Å². The highest BCUT2D eigenvalue weighted by molar-refractivity contribution is 14.1. The Kier molecular flexibility index (Phi) is 4.80. The normalized spacial score (nSPS) is 13.0. The van der Waals surface area contributed by atoms with Crippen molar-refractivity contribution in [1.29, 1.82) is 0 Å². The van der Waals surface area contributed by atoms with Gasteiger partial charge in [-0.25, -0.2) is 0 Å². The zero-order valence-corrected chi connectivity index (χ0v) is 12.8. The van der Waals surface area contributed by atoms with Gasteiger partial charge in [0.2, 0.25) is 5.91 Å². The van der Waals surface area contributed by atoms with Crippen LogP contribution in [0.3, 0.4) is 0 Å². The zero-order chi connectivity index (χ0) is 13.1. The third-order valence-electron chi connectivity index (χ3n) is 2.12. The second kappa shape index (κ2) is 5.71. The maximum Gasteiger partial charge on any atom is 0.242 e. The molecule has 0 bridgehead atoms. The highest BCUT2D eigenvalue weighted by Gasteiger charge is 2.18. The lowest BCUT2D eigenvalue weighted by atomic mass is 10.1. The summed E-state index contributed by atoms with van der Waals surface area (Å²) in [5.41, 5.74) is 0.765. The fourth-order valence-electron chi connectivity index (χ4n) is 1.34. The Hall–Kier alpha value is -0.780. The van der Waals surface area contributed by atoms with E-state index in [0.717, 1.165) is 5.69 Å². The van der Waals surface area contributed by atoms with Crippen molar-refractivity contribution in [1.82, 2.24) is 5.32 Å². The van der Waals surface area contributed by atoms with Crippen molar-refractivity contribution >= 4 is 34.2 Å². The number of halogens is 1. The molecule has 0 saturated carbocycles. The lowest BCUT2D eigenvalue weighted by Crippen LogP contribution is -2.47. The number of carbonyl (C=O) groups excluding carboxylic acids is 1. The smallest absolute Gasteiger partial charge is 0.242 e. The molecule has 1 amide bonds. The van der Waals surface area contributed by atoms with Gasteiger partial charge in [-0.15, -0.1) is 0 Å². The molecule has 1 rings (SSSR count). The maximum atomic E-state index is 11.9. The molecule has 0 heterocycles. The third kappa shape index (κ3) is 5.39. The van der Waals surface area contributed by atoms with Gasteiger partial charge in [0.05, 0.1) is 0 Å². The van der Waals surface area contributed by atoms with Crippen molar-refractivity contribution in [2.24, 2.45) is 0 Å². The predicted octanol–water partition coefficient (Wildman–Crippen LogP) is 3.01. The van der Waals surface area contributed by atoms with Crippen molar-refractivity contribution in [3.8, 4) is 0 Å². The molecule has 4 heteroatoms. The third-order valence-corrected chi connectivity index (χ3v) is 2.84. The molecule has 0 fully saturated rings. The van der Waals surface area contributed by atoms with Gasteiger partial charge < -0.3 is 10.6 Å². The molecule has 2 N–H and O–H groups in total. The number of anilines is 1. The first-order valence-electron chi connectivity index (χ1n) is 5.62. The van der Waals surface area contributed by atoms with Crippen LogP contribution >= 0.6 is 22.6 Å². The fourth-order valence-corrected chi connectivity index (χ4v) is 1.70. The molecule has 94 valence electrons. The molecule has 0 aliphatic rings. The van der Waals surface area contributed by atoms with Gasteiger partial charge in [0.25, 0.3) is 0 Å². The number of rotatable bonds is 3. The van der Waals surface area contributed by atoms with Gasteiger partial charge >= 0.3 is 0 Å². The molecule has 0 radical (unpaired) electrons. The zero-order valence-electron chi connectivity index (χ0n) is 10.7. The summed E-state index contributed by atoms with van der Waals surface area (Å²) in [6.45, 7) is 7.78. The van der Waals surface area contributed by atoms with E-state index in [1.165, 1.54) is 3.57 Å². The molecule has 0 saturated heterocycles. The summed E-state index contributed by atoms with van der Waals surface area (Å²) in [4.78, 5) is 11.9. The Morgan fingerprint density at radius 3 is 2.24 bits per heavy atom. The Morgan fingerprint density at radius 1 is 1.24 bits per heavy atom. The molecule has 3 nitrogen and oxygen atoms in total. The Bertz CT molecular complexity index is 381. The molecule has 17 heavy (non-hydrogen) atoms. The highest BCUT2D eigenvalue weighted by atomic mass is 127. The summed E-state index contributed by atoms with van der Waals surface area (Å²) in [5.74, 6) is 0.0102. The molecule has 0 aliphatic carbocycles. The lowest BCUT2D eigenvalue weighted by molar-refractivity contribution is -0.122. The summed E-state index contributed by atoms with van der Waals surface area (Å²) in [6.07, 6.45) is 0. The van der Waals surface area contributed by atoms with E-state index in [2.05, 4.69) is 33.2 Å². The standard InChI is InChI=1S/C13H19IN2O/c1-9(12(17)16-13(2,3)4)15-11-7-5-10(14)6-8-11/h5-9,15H,1-4H3,(H,16,17). The molecular formula is C13H19IN2O. The van der Waals surface area contributed by atoms with E-state index in [4.69, 9.17) is 0 Å². The van der Waals surface area contributed by atoms with Crippen molar-refractivity contribution < 1.29 is 4.79 Å². The van der Waals surface area contributed by atoms with E-state index < -0.39 is 0 Å². The summed E-state index contributed by atoms with van der Waals surface area (Å²) < 4.78 is 1.18. The van der Waals surface area contributed by atoms with Crippen LogP contribution in [0.25, 0.3) is 0 Å². The Morgan fingerprint density at radius 2 is 1.76 bits per heavy atom. The summed E-state index contributed by atoms with van der Waals surface area (Å²) in [7, 11) is 0. The average Bonchev–Trinajstić information content (AvgIpc) is 2.19. The Balaban J connectivity index is 2.57. The van der Waals surface area contributed by atoms with Crippen LogP contribution in [0.1, 0.15) is 27.7 Å². The Labute approximate surface area is 117 Å². The quantitative estimate of drug-likeness (QED) is 0.827. The minimum absolute atomic E-state index is 0.0102. The minimum Gasteiger partial charge on any atom is -0.374 e. The fraction of sp³-hybridized carbons (Fsp3) is 0.462. The van der Waals surface area contributed by atoms with E-state index in [9.17, 15) is 4.79 Å². The number of hydrogen-bond acceptors (Lipinski definition) is 2. The van der Waals surface area contributed by atoms with E-state index in [1.807, 2.05) is 52.0 Å². The molecule has 0 aliphatic heterocycles. The van der Waals surface area contributed by atoms with Gasteiger partial charge in [-0.2, -0.15) is 0 Å². The number of amides is 1. The van der Waals surface area contributed by atoms with Gasteiger partial charge in [-0.3, -0.25) is 4.79 Å². The maximum absolute atomic E-state index is 11.9. The number of carbonyl (C=O) groups is 1. The summed E-state index contributed by atoms with van der Waals surface area (Å²) in [6, 6.07) is 7.73. The lowest BCUT2D eigenvalue weighted by Gasteiger charge is -2.24. The SMILES string of the molecule is CC(Nc1ccc(I)cc1)C(=O)NC(C)(C)C. The molecular weight excluding hydrogens is 327 g/mol. The van der Waals surface area contributed by atoms with E-state index in [0.29, 0.717) is 0 Å². The number of benzene rings is 1. The molecule has 1 aromatic rings. The van der Waals surface area contributed by atoms with Gasteiger partial charge in [-0.1, -0.05) is 0 Å². The first-order valence-corrected chi connectivity index (χ1v) is 6.70. The van der Waals surface area contributed by atoms with Crippen LogP contribution < -0.4 is 10.6 Å². The first kappa shape index (κ1) is 14.3. The number of hydrogen-bond donors (Lipinski definition) is 2. The van der Waals surface area contributed by atoms with Gasteiger partial charge in [0.1, 0.15) is 6.04 Å². The predicted molar refractivity (Wildman–Crippen MR) is 80.1 cm³/mol. The summed E-state index contributed by atoms with van der Waals surface area (Å²) in [5, 5.41) is 6.12. The van der Waals surface area contributed by atoms with Crippen LogP contribution in [0.4, 0.5) is 5.69 Å². The second-order valence-electron chi connectivity index (χ2n) is 5.11. The monoisotopic (exact) mass is 346 g/mol. The van der Waals surface area contributed by atoms with E-state index in [-0.39, 0.29) is 17.5 Å². The molecule has 1 aromatic carbocycles. The van der Waals surface area contributed by atoms with E-state index in [1.54, 1.807) is 0 Å². The van der Waals surface area contributed by atoms with Crippen molar-refractivity contribution in [3.05, 3.63) is 27.8 Å². The summed E-state index contributed by atoms with van der Waals surface area (Å²) >= 11 is 2.25. The molecule has 1 unspecified atom stereocenters. The molecule has 1 atom stereocenters. The van der Waals surface area contributed by atoms with E-state index >= 15 is 0 Å².